The van der Waals surface area contributed by atoms with Crippen molar-refractivity contribution < 1.29 is 17.9 Å². The molecule has 6 heteroatoms. The molecule has 1 aromatic rings. The number of hydrogen-bond acceptors (Lipinski definition) is 3. The molecule has 0 saturated carbocycles. The van der Waals surface area contributed by atoms with Gasteiger partial charge in [-0.2, -0.15) is 4.31 Å². The molecule has 19 heavy (non-hydrogen) atoms. The monoisotopic (exact) mass is 289 g/mol. The van der Waals surface area contributed by atoms with Crippen molar-refractivity contribution in [3.63, 3.8) is 0 Å². The first-order valence-electron chi connectivity index (χ1n) is 6.06. The molecular formula is C13H20FNO3S. The topological polar surface area (TPSA) is 57.6 Å². The summed E-state index contributed by atoms with van der Waals surface area (Å²) in [5, 5.41) is 9.75. The minimum Gasteiger partial charge on any atom is -0.389 e. The Hall–Kier alpha value is -0.980. The Labute approximate surface area is 113 Å². The molecule has 0 saturated heterocycles. The average Bonchev–Trinajstić information content (AvgIpc) is 2.27. The van der Waals surface area contributed by atoms with Gasteiger partial charge in [0, 0.05) is 13.1 Å². The van der Waals surface area contributed by atoms with Crippen molar-refractivity contribution in [2.45, 2.75) is 38.2 Å². The van der Waals surface area contributed by atoms with Crippen LogP contribution in [0.1, 0.15) is 26.3 Å². The SMILES string of the molecule is CCN(CC(C)(C)O)S(=O)(=O)c1cc(C)ccc1F. The number of rotatable bonds is 5. The molecule has 0 spiro atoms. The van der Waals surface area contributed by atoms with Crippen LogP contribution in [0.15, 0.2) is 23.1 Å². The quantitative estimate of drug-likeness (QED) is 0.901. The molecule has 0 heterocycles. The van der Waals surface area contributed by atoms with Gasteiger partial charge in [0.2, 0.25) is 10.0 Å². The van der Waals surface area contributed by atoms with E-state index in [0.29, 0.717) is 5.56 Å². The molecule has 108 valence electrons. The van der Waals surface area contributed by atoms with Crippen LogP contribution in [0.5, 0.6) is 0 Å². The van der Waals surface area contributed by atoms with Gasteiger partial charge in [0.05, 0.1) is 5.60 Å². The van der Waals surface area contributed by atoms with Gasteiger partial charge in [-0.05, 0) is 38.5 Å². The number of hydrogen-bond donors (Lipinski definition) is 1. The third-order valence-electron chi connectivity index (χ3n) is 2.62. The van der Waals surface area contributed by atoms with Gasteiger partial charge in [-0.1, -0.05) is 13.0 Å². The second kappa shape index (κ2) is 5.56. The summed E-state index contributed by atoms with van der Waals surface area (Å²) in [6, 6.07) is 3.96. The fourth-order valence-electron chi connectivity index (χ4n) is 1.75. The van der Waals surface area contributed by atoms with Crippen molar-refractivity contribution in [1.82, 2.24) is 4.31 Å². The van der Waals surface area contributed by atoms with E-state index in [9.17, 15) is 17.9 Å². The second-order valence-corrected chi connectivity index (χ2v) is 7.08. The maximum atomic E-state index is 13.7. The fourth-order valence-corrected chi connectivity index (χ4v) is 3.50. The highest BCUT2D eigenvalue weighted by atomic mass is 32.2. The van der Waals surface area contributed by atoms with Gasteiger partial charge in [-0.3, -0.25) is 0 Å². The molecule has 0 aliphatic carbocycles. The molecule has 0 aliphatic heterocycles. The highest BCUT2D eigenvalue weighted by Gasteiger charge is 2.30. The van der Waals surface area contributed by atoms with E-state index in [2.05, 4.69) is 0 Å². The first kappa shape index (κ1) is 16.1. The fraction of sp³-hybridized carbons (Fsp3) is 0.538. The second-order valence-electron chi connectivity index (χ2n) is 5.18. The predicted molar refractivity (Wildman–Crippen MR) is 71.9 cm³/mol. The van der Waals surface area contributed by atoms with E-state index < -0.39 is 21.4 Å². The molecule has 0 aromatic heterocycles. The maximum absolute atomic E-state index is 13.7. The van der Waals surface area contributed by atoms with Gasteiger partial charge >= 0.3 is 0 Å². The summed E-state index contributed by atoms with van der Waals surface area (Å²) in [4.78, 5) is -0.349. The minimum atomic E-state index is -3.94. The van der Waals surface area contributed by atoms with Crippen LogP contribution in [0, 0.1) is 12.7 Å². The van der Waals surface area contributed by atoms with Gasteiger partial charge in [-0.25, -0.2) is 12.8 Å². The Morgan fingerprint density at radius 2 is 1.95 bits per heavy atom. The first-order valence-corrected chi connectivity index (χ1v) is 7.50. The van der Waals surface area contributed by atoms with Crippen LogP contribution in [0.25, 0.3) is 0 Å². The van der Waals surface area contributed by atoms with E-state index in [1.807, 2.05) is 0 Å². The zero-order valence-electron chi connectivity index (χ0n) is 11.6. The summed E-state index contributed by atoms with van der Waals surface area (Å²) in [6.45, 7) is 6.45. The molecule has 1 N–H and O–H groups in total. The van der Waals surface area contributed by atoms with Crippen LogP contribution in [-0.4, -0.2) is 36.5 Å². The summed E-state index contributed by atoms with van der Waals surface area (Å²) in [5.41, 5.74) is -0.511. The van der Waals surface area contributed by atoms with Crippen molar-refractivity contribution >= 4 is 10.0 Å². The molecule has 1 rings (SSSR count). The van der Waals surface area contributed by atoms with Crippen molar-refractivity contribution in [3.8, 4) is 0 Å². The number of sulfonamides is 1. The zero-order chi connectivity index (χ0) is 14.8. The molecule has 0 bridgehead atoms. The largest absolute Gasteiger partial charge is 0.389 e. The van der Waals surface area contributed by atoms with Gasteiger partial charge in [0.25, 0.3) is 0 Å². The number of likely N-dealkylation sites (N-methyl/N-ethyl adjacent to an activating group) is 1. The highest BCUT2D eigenvalue weighted by Crippen LogP contribution is 2.22. The summed E-state index contributed by atoms with van der Waals surface area (Å²) in [6.07, 6.45) is 0. The van der Waals surface area contributed by atoms with Crippen LogP contribution in [0.3, 0.4) is 0 Å². The van der Waals surface area contributed by atoms with Crippen LogP contribution in [-0.2, 0) is 10.0 Å². The lowest BCUT2D eigenvalue weighted by atomic mass is 10.1. The number of aryl methyl sites for hydroxylation is 1. The number of nitrogens with zero attached hydrogens (tertiary/aromatic N) is 1. The standard InChI is InChI=1S/C13H20FNO3S/c1-5-15(9-13(3,4)16)19(17,18)12-8-10(2)6-7-11(12)14/h6-8,16H,5,9H2,1-4H3. The lowest BCUT2D eigenvalue weighted by molar-refractivity contribution is 0.0601. The number of halogens is 1. The summed E-state index contributed by atoms with van der Waals surface area (Å²) >= 11 is 0. The number of aliphatic hydroxyl groups is 1. The molecule has 1 aromatic carbocycles. The average molecular weight is 289 g/mol. The van der Waals surface area contributed by atoms with Gasteiger partial charge in [0.1, 0.15) is 10.7 Å². The van der Waals surface area contributed by atoms with E-state index >= 15 is 0 Å². The summed E-state index contributed by atoms with van der Waals surface area (Å²) in [5.74, 6) is -0.778. The first-order chi connectivity index (χ1) is 8.58. The van der Waals surface area contributed by atoms with E-state index in [-0.39, 0.29) is 18.0 Å². The van der Waals surface area contributed by atoms with Gasteiger partial charge < -0.3 is 5.11 Å². The Kier molecular flexibility index (Phi) is 4.71. The molecule has 0 amide bonds. The van der Waals surface area contributed by atoms with E-state index in [4.69, 9.17) is 0 Å². The van der Waals surface area contributed by atoms with Crippen LogP contribution in [0.4, 0.5) is 4.39 Å². The van der Waals surface area contributed by atoms with Crippen molar-refractivity contribution in [1.29, 1.82) is 0 Å². The van der Waals surface area contributed by atoms with Crippen molar-refractivity contribution in [2.75, 3.05) is 13.1 Å². The minimum absolute atomic E-state index is 0.0841. The molecule has 0 aliphatic rings. The lowest BCUT2D eigenvalue weighted by Crippen LogP contribution is -2.42. The Bertz CT molecular complexity index is 549. The highest BCUT2D eigenvalue weighted by molar-refractivity contribution is 7.89. The van der Waals surface area contributed by atoms with E-state index in [1.54, 1.807) is 13.8 Å². The number of benzene rings is 1. The molecule has 0 radical (unpaired) electrons. The molecule has 0 fully saturated rings. The normalized spacial score (nSPS) is 13.0. The van der Waals surface area contributed by atoms with Crippen LogP contribution < -0.4 is 0 Å². The molecule has 0 unspecified atom stereocenters. The molecular weight excluding hydrogens is 269 g/mol. The molecule has 4 nitrogen and oxygen atoms in total. The van der Waals surface area contributed by atoms with Gasteiger partial charge in [0.15, 0.2) is 0 Å². The van der Waals surface area contributed by atoms with Crippen LogP contribution >= 0.6 is 0 Å². The Morgan fingerprint density at radius 1 is 1.37 bits per heavy atom. The summed E-state index contributed by atoms with van der Waals surface area (Å²) in [7, 11) is -3.94. The van der Waals surface area contributed by atoms with Crippen LogP contribution in [0.2, 0.25) is 0 Å². The smallest absolute Gasteiger partial charge is 0.246 e. The van der Waals surface area contributed by atoms with Crippen molar-refractivity contribution in [2.24, 2.45) is 0 Å². The molecule has 0 atom stereocenters. The Balaban J connectivity index is 3.25. The third kappa shape index (κ3) is 3.99. The predicted octanol–water partition coefficient (Wildman–Crippen LogP) is 1.92. The zero-order valence-corrected chi connectivity index (χ0v) is 12.5. The van der Waals surface area contributed by atoms with E-state index in [0.717, 1.165) is 10.4 Å². The van der Waals surface area contributed by atoms with E-state index in [1.165, 1.54) is 26.0 Å². The van der Waals surface area contributed by atoms with Gasteiger partial charge in [-0.15, -0.1) is 0 Å². The maximum Gasteiger partial charge on any atom is 0.246 e. The Morgan fingerprint density at radius 3 is 2.42 bits per heavy atom. The lowest BCUT2D eigenvalue weighted by Gasteiger charge is -2.27. The third-order valence-corrected chi connectivity index (χ3v) is 4.56. The summed E-state index contributed by atoms with van der Waals surface area (Å²) < 4.78 is 39.6. The van der Waals surface area contributed by atoms with Crippen molar-refractivity contribution in [3.05, 3.63) is 29.6 Å².